The second kappa shape index (κ2) is 12.3. The van der Waals surface area contributed by atoms with Gasteiger partial charge in [-0.15, -0.1) is 0 Å². The number of halogens is 3. The van der Waals surface area contributed by atoms with Gasteiger partial charge >= 0.3 is 6.18 Å². The topological polar surface area (TPSA) is 107 Å². The van der Waals surface area contributed by atoms with Crippen LogP contribution in [-0.4, -0.2) is 62.0 Å². The van der Waals surface area contributed by atoms with Crippen molar-refractivity contribution in [2.24, 2.45) is 10.7 Å². The second-order valence-electron chi connectivity index (χ2n) is 9.48. The minimum Gasteiger partial charge on any atom is -0.404 e. The molecule has 2 aliphatic heterocycles. The van der Waals surface area contributed by atoms with Crippen LogP contribution >= 0.6 is 0 Å². The largest absolute Gasteiger partial charge is 0.416 e. The number of amides is 1. The van der Waals surface area contributed by atoms with Gasteiger partial charge in [-0.05, 0) is 62.2 Å². The molecule has 0 aromatic heterocycles. The Balaban J connectivity index is 1.41. The number of alkyl halides is 3. The minimum atomic E-state index is -4.45. The Morgan fingerprint density at radius 2 is 1.79 bits per heavy atom. The van der Waals surface area contributed by atoms with E-state index in [0.717, 1.165) is 76.3 Å². The third-order valence-electron chi connectivity index (χ3n) is 7.06. The summed E-state index contributed by atoms with van der Waals surface area (Å²) in [5.41, 5.74) is 6.94. The van der Waals surface area contributed by atoms with Crippen molar-refractivity contribution in [1.82, 2.24) is 4.90 Å². The van der Waals surface area contributed by atoms with Crippen LogP contribution < -0.4 is 16.0 Å². The van der Waals surface area contributed by atoms with Gasteiger partial charge in [-0.2, -0.15) is 18.4 Å². The van der Waals surface area contributed by atoms with Gasteiger partial charge in [0.05, 0.1) is 47.0 Å². The van der Waals surface area contributed by atoms with E-state index in [1.165, 1.54) is 19.1 Å². The van der Waals surface area contributed by atoms with Crippen LogP contribution in [0.1, 0.15) is 30.9 Å². The maximum Gasteiger partial charge on any atom is 0.416 e. The third-order valence-corrected chi connectivity index (χ3v) is 7.06. The summed E-state index contributed by atoms with van der Waals surface area (Å²) in [6, 6.07) is 12.3. The number of nitriles is 1. The van der Waals surface area contributed by atoms with Crippen LogP contribution in [0.4, 0.5) is 30.2 Å². The predicted octanol–water partition coefficient (Wildman–Crippen LogP) is 4.45. The Morgan fingerprint density at radius 3 is 2.38 bits per heavy atom. The summed E-state index contributed by atoms with van der Waals surface area (Å²) in [5.74, 6) is -0.582. The molecule has 0 radical (unpaired) electrons. The fourth-order valence-corrected chi connectivity index (χ4v) is 4.89. The van der Waals surface area contributed by atoms with E-state index in [2.05, 4.69) is 26.2 Å². The first-order chi connectivity index (χ1) is 18.7. The zero-order valence-electron chi connectivity index (χ0n) is 21.7. The average molecular weight is 541 g/mol. The van der Waals surface area contributed by atoms with Crippen LogP contribution in [0.2, 0.25) is 0 Å². The normalized spacial score (nSPS) is 18.1. The molecule has 0 unspecified atom stereocenters. The molecule has 4 rings (SSSR count). The molecule has 2 saturated heterocycles. The van der Waals surface area contributed by atoms with E-state index in [9.17, 15) is 23.2 Å². The van der Waals surface area contributed by atoms with E-state index in [1.807, 2.05) is 6.07 Å². The van der Waals surface area contributed by atoms with Crippen molar-refractivity contribution in [3.05, 3.63) is 65.4 Å². The summed E-state index contributed by atoms with van der Waals surface area (Å²) in [6.07, 6.45) is -1.31. The van der Waals surface area contributed by atoms with Gasteiger partial charge in [0.2, 0.25) is 0 Å². The number of carbonyl (C=O) groups is 1. The second-order valence-corrected chi connectivity index (χ2v) is 9.48. The summed E-state index contributed by atoms with van der Waals surface area (Å²) in [7, 11) is 0. The van der Waals surface area contributed by atoms with E-state index in [-0.39, 0.29) is 17.0 Å². The fourth-order valence-electron chi connectivity index (χ4n) is 4.89. The number of ether oxygens (including phenoxy) is 1. The molecule has 2 aromatic rings. The van der Waals surface area contributed by atoms with Crippen LogP contribution in [0.25, 0.3) is 0 Å². The van der Waals surface area contributed by atoms with Gasteiger partial charge in [-0.3, -0.25) is 14.7 Å². The molecule has 2 aliphatic rings. The Hall–Kier alpha value is -3.88. The molecule has 3 N–H and O–H groups in total. The van der Waals surface area contributed by atoms with Crippen LogP contribution in [-0.2, 0) is 15.7 Å². The van der Waals surface area contributed by atoms with Crippen molar-refractivity contribution in [2.75, 3.05) is 49.6 Å². The molecular formula is C28H31F3N6O2. The van der Waals surface area contributed by atoms with Crippen molar-refractivity contribution >= 4 is 28.7 Å². The van der Waals surface area contributed by atoms with Gasteiger partial charge in [0.1, 0.15) is 6.07 Å². The van der Waals surface area contributed by atoms with E-state index < -0.39 is 17.6 Å². The molecule has 0 spiro atoms. The third kappa shape index (κ3) is 6.96. The molecule has 206 valence electrons. The van der Waals surface area contributed by atoms with E-state index in [4.69, 9.17) is 10.5 Å². The summed E-state index contributed by atoms with van der Waals surface area (Å²) >= 11 is 0. The lowest BCUT2D eigenvalue weighted by atomic mass is 10.0. The molecule has 8 nitrogen and oxygen atoms in total. The van der Waals surface area contributed by atoms with Crippen molar-refractivity contribution in [3.63, 3.8) is 0 Å². The molecule has 0 bridgehead atoms. The monoisotopic (exact) mass is 540 g/mol. The van der Waals surface area contributed by atoms with Crippen molar-refractivity contribution in [2.45, 2.75) is 32.0 Å². The summed E-state index contributed by atoms with van der Waals surface area (Å²) in [4.78, 5) is 21.9. The molecule has 2 aromatic carbocycles. The number of carbonyl (C=O) groups excluding carboxylic acids is 1. The van der Waals surface area contributed by atoms with E-state index in [0.29, 0.717) is 17.3 Å². The highest BCUT2D eigenvalue weighted by atomic mass is 19.4. The molecule has 11 heteroatoms. The Kier molecular flexibility index (Phi) is 8.89. The van der Waals surface area contributed by atoms with E-state index >= 15 is 0 Å². The maximum absolute atomic E-state index is 13.0. The molecule has 1 amide bonds. The van der Waals surface area contributed by atoms with Crippen molar-refractivity contribution < 1.29 is 22.7 Å². The fraction of sp³-hybridized carbons (Fsp3) is 0.393. The standard InChI is InChI=1S/C28H31F3N6O2/c1-19(34-22-4-2-21(3-5-22)28(29,30)31)25(18-33)27(38)35-26-7-6-24(16-20(26)17-32)36-10-8-23(9-11-36)37-12-14-39-15-13-37/h2-7,16,18,23H,8-15,33H2,1H3,(H,35,38). The van der Waals surface area contributed by atoms with Gasteiger partial charge in [-0.25, -0.2) is 0 Å². The zero-order chi connectivity index (χ0) is 28.0. The lowest BCUT2D eigenvalue weighted by Gasteiger charge is -2.40. The number of nitrogens with one attached hydrogen (secondary N) is 1. The maximum atomic E-state index is 13.0. The lowest BCUT2D eigenvalue weighted by Crippen LogP contribution is -2.49. The molecule has 0 saturated carbocycles. The quantitative estimate of drug-likeness (QED) is 0.414. The number of morpholine rings is 1. The van der Waals surface area contributed by atoms with Gasteiger partial charge in [0, 0.05) is 44.1 Å². The number of rotatable bonds is 6. The first kappa shape index (κ1) is 28.1. The number of nitrogens with zero attached hydrogens (tertiary/aromatic N) is 4. The first-order valence-corrected chi connectivity index (χ1v) is 12.8. The number of piperidine rings is 1. The van der Waals surface area contributed by atoms with Crippen LogP contribution in [0.3, 0.4) is 0 Å². The SMILES string of the molecule is CC(=Nc1ccc(C(F)(F)F)cc1)C(=CN)C(=O)Nc1ccc(N2CCC(N3CCOCC3)CC2)cc1C#N. The van der Waals surface area contributed by atoms with E-state index in [1.54, 1.807) is 12.1 Å². The van der Waals surface area contributed by atoms with Gasteiger partial charge in [0.15, 0.2) is 0 Å². The summed E-state index contributed by atoms with van der Waals surface area (Å²) in [5, 5.41) is 12.5. The minimum absolute atomic E-state index is 0.0352. The Morgan fingerprint density at radius 1 is 1.13 bits per heavy atom. The molecule has 39 heavy (non-hydrogen) atoms. The number of nitrogens with two attached hydrogens (primary N) is 1. The molecule has 0 atom stereocenters. The Bertz CT molecular complexity index is 1270. The summed E-state index contributed by atoms with van der Waals surface area (Å²) in [6.45, 7) is 6.76. The molecule has 2 heterocycles. The smallest absolute Gasteiger partial charge is 0.404 e. The van der Waals surface area contributed by atoms with Crippen molar-refractivity contribution in [1.29, 1.82) is 5.26 Å². The van der Waals surface area contributed by atoms with Gasteiger partial charge in [0.25, 0.3) is 5.91 Å². The average Bonchev–Trinajstić information content (AvgIpc) is 2.94. The highest BCUT2D eigenvalue weighted by Crippen LogP contribution is 2.31. The highest BCUT2D eigenvalue weighted by molar-refractivity contribution is 6.25. The van der Waals surface area contributed by atoms with Crippen molar-refractivity contribution in [3.8, 4) is 6.07 Å². The lowest BCUT2D eigenvalue weighted by molar-refractivity contribution is -0.137. The molecule has 0 aliphatic carbocycles. The number of aliphatic imine (C=N–C) groups is 1. The van der Waals surface area contributed by atoms with Crippen LogP contribution in [0.5, 0.6) is 0 Å². The Labute approximate surface area is 225 Å². The molecule has 2 fully saturated rings. The number of hydrogen-bond donors (Lipinski definition) is 2. The van der Waals surface area contributed by atoms with Gasteiger partial charge in [-0.1, -0.05) is 0 Å². The number of benzene rings is 2. The first-order valence-electron chi connectivity index (χ1n) is 12.8. The molecular weight excluding hydrogens is 509 g/mol. The zero-order valence-corrected chi connectivity index (χ0v) is 21.7. The van der Waals surface area contributed by atoms with Gasteiger partial charge < -0.3 is 20.7 Å². The number of anilines is 2. The highest BCUT2D eigenvalue weighted by Gasteiger charge is 2.30. The summed E-state index contributed by atoms with van der Waals surface area (Å²) < 4.78 is 43.9. The number of hydrogen-bond acceptors (Lipinski definition) is 7. The predicted molar refractivity (Wildman–Crippen MR) is 144 cm³/mol. The van der Waals surface area contributed by atoms with Crippen LogP contribution in [0.15, 0.2) is 59.2 Å². The van der Waals surface area contributed by atoms with Crippen LogP contribution in [0, 0.1) is 11.3 Å².